The second kappa shape index (κ2) is 5.07. The van der Waals surface area contributed by atoms with Crippen LogP contribution in [-0.4, -0.2) is 17.5 Å². The molecule has 2 rings (SSSR count). The maximum Gasteiger partial charge on any atom is 0.0638 e. The fourth-order valence-electron chi connectivity index (χ4n) is 2.02. The molecule has 1 saturated carbocycles. The standard InChI is InChI=1S/C13H19ClN2/c1-2-7-16(11-4-5-11)9-10-3-6-13(15)12(14)8-10/h3,6,8,11H,2,4-5,7,9,15H2,1H3. The molecule has 1 fully saturated rings. The highest BCUT2D eigenvalue weighted by Gasteiger charge is 2.28. The number of rotatable bonds is 5. The molecular weight excluding hydrogens is 220 g/mol. The Labute approximate surface area is 102 Å². The summed E-state index contributed by atoms with van der Waals surface area (Å²) in [5.74, 6) is 0. The van der Waals surface area contributed by atoms with E-state index in [1.807, 2.05) is 12.1 Å². The number of nitrogen functional groups attached to an aromatic ring is 1. The van der Waals surface area contributed by atoms with E-state index >= 15 is 0 Å². The van der Waals surface area contributed by atoms with Gasteiger partial charge in [0.15, 0.2) is 0 Å². The van der Waals surface area contributed by atoms with E-state index in [0.717, 1.165) is 12.6 Å². The molecule has 0 heterocycles. The molecule has 0 amide bonds. The van der Waals surface area contributed by atoms with Crippen LogP contribution in [0.4, 0.5) is 5.69 Å². The van der Waals surface area contributed by atoms with Crippen molar-refractivity contribution in [2.24, 2.45) is 0 Å². The highest BCUT2D eigenvalue weighted by molar-refractivity contribution is 6.33. The Bertz CT molecular complexity index is 361. The first-order valence-corrected chi connectivity index (χ1v) is 6.36. The molecule has 16 heavy (non-hydrogen) atoms. The fraction of sp³-hybridized carbons (Fsp3) is 0.538. The van der Waals surface area contributed by atoms with E-state index in [4.69, 9.17) is 17.3 Å². The third kappa shape index (κ3) is 2.89. The molecule has 1 aromatic carbocycles. The molecule has 2 nitrogen and oxygen atoms in total. The van der Waals surface area contributed by atoms with Crippen LogP contribution < -0.4 is 5.73 Å². The largest absolute Gasteiger partial charge is 0.398 e. The SMILES string of the molecule is CCCN(Cc1ccc(N)c(Cl)c1)C1CC1. The summed E-state index contributed by atoms with van der Waals surface area (Å²) in [6.45, 7) is 4.40. The molecular formula is C13H19ClN2. The Morgan fingerprint density at radius 1 is 1.44 bits per heavy atom. The topological polar surface area (TPSA) is 29.3 Å². The molecule has 88 valence electrons. The minimum atomic E-state index is 0.666. The van der Waals surface area contributed by atoms with Gasteiger partial charge in [-0.15, -0.1) is 0 Å². The minimum absolute atomic E-state index is 0.666. The zero-order chi connectivity index (χ0) is 11.5. The van der Waals surface area contributed by atoms with Gasteiger partial charge in [0.2, 0.25) is 0 Å². The highest BCUT2D eigenvalue weighted by Crippen LogP contribution is 2.29. The molecule has 1 aliphatic rings. The number of hydrogen-bond donors (Lipinski definition) is 1. The van der Waals surface area contributed by atoms with E-state index < -0.39 is 0 Å². The Morgan fingerprint density at radius 3 is 2.75 bits per heavy atom. The van der Waals surface area contributed by atoms with Gasteiger partial charge in [0.25, 0.3) is 0 Å². The van der Waals surface area contributed by atoms with Gasteiger partial charge >= 0.3 is 0 Å². The molecule has 0 aliphatic heterocycles. The molecule has 0 radical (unpaired) electrons. The first kappa shape index (κ1) is 11.7. The second-order valence-corrected chi connectivity index (χ2v) is 4.96. The van der Waals surface area contributed by atoms with Gasteiger partial charge in [-0.2, -0.15) is 0 Å². The van der Waals surface area contributed by atoms with Crippen molar-refractivity contribution < 1.29 is 0 Å². The van der Waals surface area contributed by atoms with Crippen LogP contribution >= 0.6 is 11.6 Å². The molecule has 2 N–H and O–H groups in total. The fourth-order valence-corrected chi connectivity index (χ4v) is 2.22. The van der Waals surface area contributed by atoms with Crippen LogP contribution in [0.25, 0.3) is 0 Å². The second-order valence-electron chi connectivity index (χ2n) is 4.56. The summed E-state index contributed by atoms with van der Waals surface area (Å²) >= 11 is 6.03. The first-order valence-electron chi connectivity index (χ1n) is 5.98. The quantitative estimate of drug-likeness (QED) is 0.798. The van der Waals surface area contributed by atoms with Crippen molar-refractivity contribution in [3.05, 3.63) is 28.8 Å². The summed E-state index contributed by atoms with van der Waals surface area (Å²) in [7, 11) is 0. The lowest BCUT2D eigenvalue weighted by molar-refractivity contribution is 0.255. The van der Waals surface area contributed by atoms with Crippen molar-refractivity contribution in [2.45, 2.75) is 38.8 Å². The maximum absolute atomic E-state index is 6.03. The average Bonchev–Trinajstić information content (AvgIpc) is 3.06. The first-order chi connectivity index (χ1) is 7.70. The molecule has 1 aliphatic carbocycles. The van der Waals surface area contributed by atoms with Gasteiger partial charge < -0.3 is 5.73 Å². The molecule has 0 spiro atoms. The van der Waals surface area contributed by atoms with Gasteiger partial charge in [0.05, 0.1) is 10.7 Å². The van der Waals surface area contributed by atoms with Crippen LogP contribution in [0.3, 0.4) is 0 Å². The van der Waals surface area contributed by atoms with Gasteiger partial charge in [0, 0.05) is 12.6 Å². The van der Waals surface area contributed by atoms with Crippen LogP contribution in [-0.2, 0) is 6.54 Å². The number of halogens is 1. The Hall–Kier alpha value is -0.730. The third-order valence-electron chi connectivity index (χ3n) is 3.02. The van der Waals surface area contributed by atoms with E-state index in [1.54, 1.807) is 0 Å². The van der Waals surface area contributed by atoms with Crippen molar-refractivity contribution in [1.82, 2.24) is 4.90 Å². The highest BCUT2D eigenvalue weighted by atomic mass is 35.5. The van der Waals surface area contributed by atoms with Gasteiger partial charge in [-0.25, -0.2) is 0 Å². The molecule has 0 atom stereocenters. The van der Waals surface area contributed by atoms with Crippen LogP contribution in [0.1, 0.15) is 31.7 Å². The number of anilines is 1. The zero-order valence-corrected chi connectivity index (χ0v) is 10.5. The Morgan fingerprint density at radius 2 is 2.19 bits per heavy atom. The van der Waals surface area contributed by atoms with E-state index in [1.165, 1.54) is 31.4 Å². The van der Waals surface area contributed by atoms with E-state index in [0.29, 0.717) is 10.7 Å². The summed E-state index contributed by atoms with van der Waals surface area (Å²) in [4.78, 5) is 2.54. The summed E-state index contributed by atoms with van der Waals surface area (Å²) < 4.78 is 0. The number of nitrogens with zero attached hydrogens (tertiary/aromatic N) is 1. The van der Waals surface area contributed by atoms with Crippen LogP contribution in [0, 0.1) is 0 Å². The lowest BCUT2D eigenvalue weighted by atomic mass is 10.2. The number of benzene rings is 1. The van der Waals surface area contributed by atoms with Crippen molar-refractivity contribution in [2.75, 3.05) is 12.3 Å². The summed E-state index contributed by atoms with van der Waals surface area (Å²) in [5.41, 5.74) is 7.63. The summed E-state index contributed by atoms with van der Waals surface area (Å²) in [6.07, 6.45) is 3.91. The normalized spacial score (nSPS) is 15.7. The van der Waals surface area contributed by atoms with Gasteiger partial charge in [-0.05, 0) is 43.5 Å². The third-order valence-corrected chi connectivity index (χ3v) is 3.35. The summed E-state index contributed by atoms with van der Waals surface area (Å²) in [6, 6.07) is 6.76. The Balaban J connectivity index is 2.03. The predicted molar refractivity (Wildman–Crippen MR) is 69.6 cm³/mol. The van der Waals surface area contributed by atoms with Crippen molar-refractivity contribution in [3.8, 4) is 0 Å². The number of nitrogens with two attached hydrogens (primary N) is 1. The molecule has 0 saturated heterocycles. The molecule has 0 bridgehead atoms. The van der Waals surface area contributed by atoms with Crippen LogP contribution in [0.5, 0.6) is 0 Å². The lowest BCUT2D eigenvalue weighted by Gasteiger charge is -2.21. The molecule has 0 aromatic heterocycles. The van der Waals surface area contributed by atoms with E-state index in [2.05, 4.69) is 17.9 Å². The molecule has 1 aromatic rings. The minimum Gasteiger partial charge on any atom is -0.398 e. The average molecular weight is 239 g/mol. The number of hydrogen-bond acceptors (Lipinski definition) is 2. The smallest absolute Gasteiger partial charge is 0.0638 e. The predicted octanol–water partition coefficient (Wildman–Crippen LogP) is 3.30. The van der Waals surface area contributed by atoms with Crippen molar-refractivity contribution in [3.63, 3.8) is 0 Å². The van der Waals surface area contributed by atoms with Gasteiger partial charge in [0.1, 0.15) is 0 Å². The molecule has 3 heteroatoms. The van der Waals surface area contributed by atoms with E-state index in [9.17, 15) is 0 Å². The monoisotopic (exact) mass is 238 g/mol. The van der Waals surface area contributed by atoms with Crippen molar-refractivity contribution in [1.29, 1.82) is 0 Å². The lowest BCUT2D eigenvalue weighted by Crippen LogP contribution is -2.26. The van der Waals surface area contributed by atoms with Crippen LogP contribution in [0.15, 0.2) is 18.2 Å². The van der Waals surface area contributed by atoms with Crippen molar-refractivity contribution >= 4 is 17.3 Å². The maximum atomic E-state index is 6.03. The molecule has 0 unspecified atom stereocenters. The van der Waals surface area contributed by atoms with E-state index in [-0.39, 0.29) is 0 Å². The zero-order valence-electron chi connectivity index (χ0n) is 9.75. The summed E-state index contributed by atoms with van der Waals surface area (Å²) in [5, 5.41) is 0.671. The Kier molecular flexibility index (Phi) is 3.72. The van der Waals surface area contributed by atoms with Gasteiger partial charge in [-0.3, -0.25) is 4.90 Å². The van der Waals surface area contributed by atoms with Gasteiger partial charge in [-0.1, -0.05) is 24.6 Å². The van der Waals surface area contributed by atoms with Crippen LogP contribution in [0.2, 0.25) is 5.02 Å².